The van der Waals surface area contributed by atoms with Gasteiger partial charge < -0.3 is 15.2 Å². The van der Waals surface area contributed by atoms with Crippen molar-refractivity contribution in [3.63, 3.8) is 0 Å². The predicted octanol–water partition coefficient (Wildman–Crippen LogP) is 1.70. The van der Waals surface area contributed by atoms with Crippen LogP contribution < -0.4 is 10.4 Å². The van der Waals surface area contributed by atoms with Gasteiger partial charge in [0.1, 0.15) is 5.69 Å². The van der Waals surface area contributed by atoms with Crippen molar-refractivity contribution in [2.45, 2.75) is 38.1 Å². The minimum atomic E-state index is -1.33. The van der Waals surface area contributed by atoms with Gasteiger partial charge in [0.05, 0.1) is 10.9 Å². The molecule has 1 aliphatic carbocycles. The zero-order chi connectivity index (χ0) is 13.8. The average Bonchev–Trinajstić information content (AvgIpc) is 2.39. The Kier molecular flexibility index (Phi) is 3.99. The smallest absolute Gasteiger partial charge is 0.292 e. The van der Waals surface area contributed by atoms with Crippen LogP contribution in [0, 0.1) is 10.1 Å². The van der Waals surface area contributed by atoms with Gasteiger partial charge in [-0.2, -0.15) is 0 Å². The summed E-state index contributed by atoms with van der Waals surface area (Å²) >= 11 is 0. The molecule has 0 unspecified atom stereocenters. The van der Waals surface area contributed by atoms with Crippen molar-refractivity contribution in [1.82, 2.24) is 0 Å². The Morgan fingerprint density at radius 3 is 2.53 bits per heavy atom. The van der Waals surface area contributed by atoms with Gasteiger partial charge >= 0.3 is 0 Å². The number of nitrogens with zero attached hydrogens (tertiary/aromatic N) is 1. The lowest BCUT2D eigenvalue weighted by molar-refractivity contribution is -0.384. The van der Waals surface area contributed by atoms with Crippen LogP contribution in [0.25, 0.3) is 0 Å². The molecule has 102 valence electrons. The SMILES string of the molecule is O=C([O-])c1ccc([N+](=O)[O-])c(NC2CCCCC2)c1. The summed E-state index contributed by atoms with van der Waals surface area (Å²) in [4.78, 5) is 21.3. The third kappa shape index (κ3) is 3.21. The Morgan fingerprint density at radius 2 is 1.95 bits per heavy atom. The van der Waals surface area contributed by atoms with E-state index in [0.29, 0.717) is 0 Å². The first-order chi connectivity index (χ1) is 9.08. The molecule has 1 aromatic carbocycles. The minimum Gasteiger partial charge on any atom is -0.545 e. The molecule has 2 rings (SSSR count). The van der Waals surface area contributed by atoms with E-state index < -0.39 is 10.9 Å². The number of carboxylic acid groups (broad SMARTS) is 1. The fourth-order valence-corrected chi connectivity index (χ4v) is 2.40. The number of nitrogens with one attached hydrogen (secondary N) is 1. The first kappa shape index (κ1) is 13.3. The third-order valence-electron chi connectivity index (χ3n) is 3.39. The van der Waals surface area contributed by atoms with Crippen LogP contribution in [0.15, 0.2) is 18.2 Å². The highest BCUT2D eigenvalue weighted by atomic mass is 16.6. The van der Waals surface area contributed by atoms with Gasteiger partial charge in [0.2, 0.25) is 0 Å². The summed E-state index contributed by atoms with van der Waals surface area (Å²) in [6.45, 7) is 0. The lowest BCUT2D eigenvalue weighted by Crippen LogP contribution is -2.25. The quantitative estimate of drug-likeness (QED) is 0.659. The summed E-state index contributed by atoms with van der Waals surface area (Å²) < 4.78 is 0. The number of rotatable bonds is 4. The number of nitro benzene ring substituents is 1. The van der Waals surface area contributed by atoms with Crippen molar-refractivity contribution in [3.8, 4) is 0 Å². The van der Waals surface area contributed by atoms with Crippen LogP contribution in [-0.4, -0.2) is 16.9 Å². The Morgan fingerprint density at radius 1 is 1.26 bits per heavy atom. The van der Waals surface area contributed by atoms with Crippen LogP contribution in [0.1, 0.15) is 42.5 Å². The van der Waals surface area contributed by atoms with E-state index >= 15 is 0 Å². The van der Waals surface area contributed by atoms with Gasteiger partial charge in [-0.25, -0.2) is 0 Å². The van der Waals surface area contributed by atoms with E-state index in [9.17, 15) is 20.0 Å². The summed E-state index contributed by atoms with van der Waals surface area (Å²) in [7, 11) is 0. The van der Waals surface area contributed by atoms with Crippen molar-refractivity contribution >= 4 is 17.3 Å². The maximum atomic E-state index is 10.9. The normalized spacial score (nSPS) is 16.0. The van der Waals surface area contributed by atoms with E-state index in [4.69, 9.17) is 0 Å². The summed E-state index contributed by atoms with van der Waals surface area (Å²) in [5, 5.41) is 24.9. The van der Waals surface area contributed by atoms with Gasteiger partial charge in [0, 0.05) is 12.1 Å². The molecular formula is C13H15N2O4-. The van der Waals surface area contributed by atoms with Crippen molar-refractivity contribution in [1.29, 1.82) is 0 Å². The first-order valence-corrected chi connectivity index (χ1v) is 6.34. The largest absolute Gasteiger partial charge is 0.545 e. The molecule has 0 saturated heterocycles. The van der Waals surface area contributed by atoms with Crippen LogP contribution in [-0.2, 0) is 0 Å². The second kappa shape index (κ2) is 5.69. The van der Waals surface area contributed by atoms with E-state index in [1.165, 1.54) is 24.6 Å². The maximum Gasteiger partial charge on any atom is 0.292 e. The minimum absolute atomic E-state index is 0.0519. The van der Waals surface area contributed by atoms with E-state index in [2.05, 4.69) is 5.32 Å². The standard InChI is InChI=1S/C13H16N2O4/c16-13(17)9-6-7-12(15(18)19)11(8-9)14-10-4-2-1-3-5-10/h6-8,10,14H,1-5H2,(H,16,17)/p-1. The number of carbonyl (C=O) groups is 1. The van der Waals surface area contributed by atoms with Gasteiger partial charge in [-0.1, -0.05) is 19.3 Å². The molecule has 1 N–H and O–H groups in total. The monoisotopic (exact) mass is 263 g/mol. The molecule has 6 heteroatoms. The zero-order valence-corrected chi connectivity index (χ0v) is 10.4. The number of hydrogen-bond donors (Lipinski definition) is 1. The Labute approximate surface area is 110 Å². The second-order valence-electron chi connectivity index (χ2n) is 4.76. The number of carboxylic acids is 1. The predicted molar refractivity (Wildman–Crippen MR) is 67.9 cm³/mol. The van der Waals surface area contributed by atoms with Gasteiger partial charge in [0.15, 0.2) is 0 Å². The first-order valence-electron chi connectivity index (χ1n) is 6.34. The molecular weight excluding hydrogens is 248 g/mol. The molecule has 1 aliphatic rings. The van der Waals surface area contributed by atoms with Gasteiger partial charge in [-0.3, -0.25) is 10.1 Å². The maximum absolute atomic E-state index is 10.9. The number of hydrogen-bond acceptors (Lipinski definition) is 5. The lowest BCUT2D eigenvalue weighted by atomic mass is 9.95. The molecule has 0 aliphatic heterocycles. The fraction of sp³-hybridized carbons (Fsp3) is 0.462. The highest BCUT2D eigenvalue weighted by Gasteiger charge is 2.19. The molecule has 0 heterocycles. The highest BCUT2D eigenvalue weighted by Crippen LogP contribution is 2.29. The van der Waals surface area contributed by atoms with E-state index in [-0.39, 0.29) is 23.0 Å². The molecule has 1 saturated carbocycles. The van der Waals surface area contributed by atoms with E-state index in [0.717, 1.165) is 25.7 Å². The number of carbonyl (C=O) groups excluding carboxylic acids is 1. The molecule has 1 aromatic rings. The third-order valence-corrected chi connectivity index (χ3v) is 3.39. The summed E-state index contributed by atoms with van der Waals surface area (Å²) in [6.07, 6.45) is 5.26. The molecule has 0 amide bonds. The molecule has 19 heavy (non-hydrogen) atoms. The zero-order valence-electron chi connectivity index (χ0n) is 10.4. The molecule has 0 spiro atoms. The van der Waals surface area contributed by atoms with Gasteiger partial charge in [0.25, 0.3) is 5.69 Å². The molecule has 0 atom stereocenters. The molecule has 1 fully saturated rings. The Bertz CT molecular complexity index is 495. The van der Waals surface area contributed by atoms with Crippen LogP contribution in [0.5, 0.6) is 0 Å². The Hall–Kier alpha value is -2.11. The van der Waals surface area contributed by atoms with Crippen molar-refractivity contribution in [2.24, 2.45) is 0 Å². The number of aromatic carboxylic acids is 1. The van der Waals surface area contributed by atoms with Crippen LogP contribution in [0.4, 0.5) is 11.4 Å². The topological polar surface area (TPSA) is 95.3 Å². The van der Waals surface area contributed by atoms with Crippen LogP contribution in [0.2, 0.25) is 0 Å². The van der Waals surface area contributed by atoms with Crippen LogP contribution >= 0.6 is 0 Å². The van der Waals surface area contributed by atoms with Gasteiger partial charge in [-0.15, -0.1) is 0 Å². The number of nitro groups is 1. The average molecular weight is 263 g/mol. The molecule has 0 radical (unpaired) electrons. The summed E-state index contributed by atoms with van der Waals surface area (Å²) in [5.74, 6) is -1.33. The van der Waals surface area contributed by atoms with E-state index in [1.807, 2.05) is 0 Å². The van der Waals surface area contributed by atoms with Crippen molar-refractivity contribution in [2.75, 3.05) is 5.32 Å². The van der Waals surface area contributed by atoms with E-state index in [1.54, 1.807) is 0 Å². The van der Waals surface area contributed by atoms with Gasteiger partial charge in [-0.05, 0) is 30.5 Å². The van der Waals surface area contributed by atoms with Crippen LogP contribution in [0.3, 0.4) is 0 Å². The number of anilines is 1. The molecule has 6 nitrogen and oxygen atoms in total. The Balaban J connectivity index is 2.26. The number of benzene rings is 1. The fourth-order valence-electron chi connectivity index (χ4n) is 2.40. The van der Waals surface area contributed by atoms with Crippen molar-refractivity contribution < 1.29 is 14.8 Å². The highest BCUT2D eigenvalue weighted by molar-refractivity contribution is 5.88. The summed E-state index contributed by atoms with van der Waals surface area (Å²) in [6, 6.07) is 3.85. The lowest BCUT2D eigenvalue weighted by Gasteiger charge is -2.24. The second-order valence-corrected chi connectivity index (χ2v) is 4.76. The molecule has 0 aromatic heterocycles. The van der Waals surface area contributed by atoms with Crippen molar-refractivity contribution in [3.05, 3.63) is 33.9 Å². The summed E-state index contributed by atoms with van der Waals surface area (Å²) in [5.41, 5.74) is 0.109. The molecule has 0 bridgehead atoms.